The van der Waals surface area contributed by atoms with E-state index in [1.807, 2.05) is 0 Å². The van der Waals surface area contributed by atoms with Crippen molar-refractivity contribution in [1.82, 2.24) is 0 Å². The SMILES string of the molecule is CCc1cccc(O[Si](c2ccccc2)c2ccccc2)c1CC. The zero-order chi connectivity index (χ0) is 16.8. The van der Waals surface area contributed by atoms with Gasteiger partial charge in [-0.25, -0.2) is 0 Å². The second-order valence-electron chi connectivity index (χ2n) is 5.76. The predicted molar refractivity (Wildman–Crippen MR) is 104 cm³/mol. The van der Waals surface area contributed by atoms with Gasteiger partial charge in [-0.15, -0.1) is 0 Å². The molecule has 0 N–H and O–H groups in total. The van der Waals surface area contributed by atoms with Gasteiger partial charge in [0.15, 0.2) is 0 Å². The molecule has 0 atom stereocenters. The van der Waals surface area contributed by atoms with Gasteiger partial charge >= 0.3 is 9.04 Å². The third kappa shape index (κ3) is 3.60. The highest BCUT2D eigenvalue weighted by Crippen LogP contribution is 2.24. The minimum atomic E-state index is -1.31. The molecule has 0 aliphatic heterocycles. The van der Waals surface area contributed by atoms with Gasteiger partial charge in [0.05, 0.1) is 0 Å². The number of benzene rings is 3. The minimum absolute atomic E-state index is 0.998. The second kappa shape index (κ2) is 7.98. The quantitative estimate of drug-likeness (QED) is 0.621. The smallest absolute Gasteiger partial charge is 0.352 e. The normalized spacial score (nSPS) is 10.8. The summed E-state index contributed by atoms with van der Waals surface area (Å²) >= 11 is 0. The van der Waals surface area contributed by atoms with Crippen molar-refractivity contribution in [1.29, 1.82) is 0 Å². The maximum absolute atomic E-state index is 6.65. The molecule has 0 saturated carbocycles. The maximum Gasteiger partial charge on any atom is 0.352 e. The van der Waals surface area contributed by atoms with E-state index in [1.165, 1.54) is 21.5 Å². The molecule has 0 amide bonds. The molecule has 0 aliphatic rings. The van der Waals surface area contributed by atoms with Gasteiger partial charge in [0.1, 0.15) is 5.75 Å². The van der Waals surface area contributed by atoms with E-state index in [1.54, 1.807) is 0 Å². The van der Waals surface area contributed by atoms with E-state index in [9.17, 15) is 0 Å². The summed E-state index contributed by atoms with van der Waals surface area (Å²) in [4.78, 5) is 0. The van der Waals surface area contributed by atoms with E-state index >= 15 is 0 Å². The van der Waals surface area contributed by atoms with Crippen LogP contribution in [0.5, 0.6) is 5.75 Å². The van der Waals surface area contributed by atoms with Gasteiger partial charge in [0, 0.05) is 0 Å². The van der Waals surface area contributed by atoms with Gasteiger partial charge in [-0.3, -0.25) is 0 Å². The average Bonchev–Trinajstić information content (AvgIpc) is 2.67. The summed E-state index contributed by atoms with van der Waals surface area (Å²) < 4.78 is 6.65. The maximum atomic E-state index is 6.65. The minimum Gasteiger partial charge on any atom is -0.532 e. The average molecular weight is 332 g/mol. The van der Waals surface area contributed by atoms with Crippen LogP contribution in [0.2, 0.25) is 0 Å². The molecule has 0 aliphatic carbocycles. The fourth-order valence-electron chi connectivity index (χ4n) is 3.01. The van der Waals surface area contributed by atoms with E-state index in [4.69, 9.17) is 4.43 Å². The Morgan fingerprint density at radius 1 is 0.667 bits per heavy atom. The molecule has 0 spiro atoms. The van der Waals surface area contributed by atoms with Crippen molar-refractivity contribution in [2.24, 2.45) is 0 Å². The van der Waals surface area contributed by atoms with Gasteiger partial charge in [-0.2, -0.15) is 0 Å². The first-order valence-corrected chi connectivity index (χ1v) is 10.0. The number of rotatable bonds is 6. The molecule has 0 saturated heterocycles. The first-order valence-electron chi connectivity index (χ1n) is 8.59. The Morgan fingerprint density at radius 2 is 1.25 bits per heavy atom. The predicted octanol–water partition coefficient (Wildman–Crippen LogP) is 4.00. The van der Waals surface area contributed by atoms with Gasteiger partial charge in [-0.05, 0) is 40.4 Å². The van der Waals surface area contributed by atoms with Crippen LogP contribution in [-0.2, 0) is 12.8 Å². The first kappa shape index (κ1) is 16.5. The van der Waals surface area contributed by atoms with Crippen LogP contribution in [-0.4, -0.2) is 9.04 Å². The lowest BCUT2D eigenvalue weighted by molar-refractivity contribution is 0.581. The molecule has 0 heterocycles. The van der Waals surface area contributed by atoms with Crippen LogP contribution in [0.15, 0.2) is 78.9 Å². The van der Waals surface area contributed by atoms with Gasteiger partial charge in [0.2, 0.25) is 0 Å². The number of hydrogen-bond acceptors (Lipinski definition) is 1. The van der Waals surface area contributed by atoms with Crippen LogP contribution in [0.3, 0.4) is 0 Å². The van der Waals surface area contributed by atoms with Crippen LogP contribution >= 0.6 is 0 Å². The molecule has 0 unspecified atom stereocenters. The molecular formula is C22H23OSi. The van der Waals surface area contributed by atoms with Crippen LogP contribution < -0.4 is 14.8 Å². The molecule has 0 bridgehead atoms. The van der Waals surface area contributed by atoms with Gasteiger partial charge in [0.25, 0.3) is 0 Å². The number of aryl methyl sites for hydroxylation is 1. The van der Waals surface area contributed by atoms with Crippen molar-refractivity contribution in [3.05, 3.63) is 90.0 Å². The summed E-state index contributed by atoms with van der Waals surface area (Å²) in [6.45, 7) is 4.41. The first-order chi connectivity index (χ1) is 11.8. The largest absolute Gasteiger partial charge is 0.532 e. The lowest BCUT2D eigenvalue weighted by Crippen LogP contribution is -2.47. The standard InChI is InChI=1S/C22H23OSi/c1-3-18-12-11-17-22(21(18)4-2)23-24(19-13-7-5-8-14-19)20-15-9-6-10-16-20/h5-17H,3-4H2,1-2H3. The van der Waals surface area contributed by atoms with Crippen molar-refractivity contribution in [2.45, 2.75) is 26.7 Å². The van der Waals surface area contributed by atoms with E-state index in [-0.39, 0.29) is 0 Å². The summed E-state index contributed by atoms with van der Waals surface area (Å²) in [5.74, 6) is 1.04. The highest BCUT2D eigenvalue weighted by molar-refractivity contribution is 6.80. The van der Waals surface area contributed by atoms with Crippen LogP contribution in [0.25, 0.3) is 0 Å². The molecule has 0 aromatic heterocycles. The Bertz CT molecular complexity index is 729. The molecule has 3 aromatic rings. The van der Waals surface area contributed by atoms with Gasteiger partial charge < -0.3 is 4.43 Å². The van der Waals surface area contributed by atoms with Crippen molar-refractivity contribution >= 4 is 19.4 Å². The Hall–Kier alpha value is -2.32. The fourth-order valence-corrected chi connectivity index (χ4v) is 4.98. The Labute approximate surface area is 146 Å². The molecule has 1 radical (unpaired) electrons. The third-order valence-electron chi connectivity index (χ3n) is 4.25. The molecule has 3 aromatic carbocycles. The van der Waals surface area contributed by atoms with E-state index < -0.39 is 9.04 Å². The summed E-state index contributed by atoms with van der Waals surface area (Å²) in [6.07, 6.45) is 2.04. The van der Waals surface area contributed by atoms with Crippen LogP contribution in [0.4, 0.5) is 0 Å². The molecule has 24 heavy (non-hydrogen) atoms. The number of hydrogen-bond donors (Lipinski definition) is 0. The van der Waals surface area contributed by atoms with Crippen molar-refractivity contribution in [3.8, 4) is 5.75 Å². The molecular weight excluding hydrogens is 308 g/mol. The van der Waals surface area contributed by atoms with E-state index in [0.29, 0.717) is 0 Å². The van der Waals surface area contributed by atoms with E-state index in [2.05, 4.69) is 92.7 Å². The van der Waals surface area contributed by atoms with Crippen molar-refractivity contribution in [3.63, 3.8) is 0 Å². The lowest BCUT2D eigenvalue weighted by atomic mass is 10.0. The molecule has 1 nitrogen and oxygen atoms in total. The summed E-state index contributed by atoms with van der Waals surface area (Å²) in [6, 6.07) is 27.6. The molecule has 0 fully saturated rings. The third-order valence-corrected chi connectivity index (χ3v) is 6.39. The van der Waals surface area contributed by atoms with Crippen LogP contribution in [0, 0.1) is 0 Å². The highest BCUT2D eigenvalue weighted by atomic mass is 28.3. The summed E-state index contributed by atoms with van der Waals surface area (Å²) in [7, 11) is -1.31. The Balaban J connectivity index is 2.02. The molecule has 121 valence electrons. The monoisotopic (exact) mass is 331 g/mol. The Kier molecular flexibility index (Phi) is 5.50. The Morgan fingerprint density at radius 3 is 1.75 bits per heavy atom. The lowest BCUT2D eigenvalue weighted by Gasteiger charge is -2.21. The summed E-state index contributed by atoms with van der Waals surface area (Å²) in [5, 5.41) is 2.55. The molecule has 3 rings (SSSR count). The molecule has 2 heteroatoms. The van der Waals surface area contributed by atoms with E-state index in [0.717, 1.165) is 18.6 Å². The summed E-state index contributed by atoms with van der Waals surface area (Å²) in [5.41, 5.74) is 2.73. The van der Waals surface area contributed by atoms with Crippen LogP contribution in [0.1, 0.15) is 25.0 Å². The topological polar surface area (TPSA) is 9.23 Å². The zero-order valence-electron chi connectivity index (χ0n) is 14.3. The fraction of sp³-hybridized carbons (Fsp3) is 0.182. The van der Waals surface area contributed by atoms with Crippen molar-refractivity contribution in [2.75, 3.05) is 0 Å². The zero-order valence-corrected chi connectivity index (χ0v) is 15.3. The van der Waals surface area contributed by atoms with Crippen molar-refractivity contribution < 1.29 is 4.43 Å². The highest BCUT2D eigenvalue weighted by Gasteiger charge is 2.22. The second-order valence-corrected chi connectivity index (χ2v) is 7.78. The van der Waals surface area contributed by atoms with Gasteiger partial charge in [-0.1, -0.05) is 86.6 Å².